The quantitative estimate of drug-likeness (QED) is 0.929. The van der Waals surface area contributed by atoms with Crippen LogP contribution in [-0.4, -0.2) is 36.7 Å². The van der Waals surface area contributed by atoms with Crippen LogP contribution >= 0.6 is 11.8 Å². The van der Waals surface area contributed by atoms with Crippen LogP contribution in [0.25, 0.3) is 5.69 Å². The maximum Gasteiger partial charge on any atom is 0.214 e. The molecule has 1 aliphatic carbocycles. The number of aliphatic hydroxyl groups excluding tert-OH is 1. The van der Waals surface area contributed by atoms with Crippen molar-refractivity contribution in [3.05, 3.63) is 30.3 Å². The zero-order valence-electron chi connectivity index (χ0n) is 10.5. The average Bonchev–Trinajstić information content (AvgIpc) is 2.91. The first-order chi connectivity index (χ1) is 9.34. The van der Waals surface area contributed by atoms with Crippen molar-refractivity contribution in [2.75, 3.05) is 0 Å². The molecule has 1 aromatic heterocycles. The molecule has 1 saturated carbocycles. The fourth-order valence-corrected chi connectivity index (χ4v) is 3.51. The molecule has 0 amide bonds. The molecule has 1 aliphatic rings. The van der Waals surface area contributed by atoms with Crippen LogP contribution in [0.4, 0.5) is 0 Å². The normalized spacial score (nSPS) is 23.4. The van der Waals surface area contributed by atoms with E-state index >= 15 is 0 Å². The van der Waals surface area contributed by atoms with Gasteiger partial charge in [0.15, 0.2) is 0 Å². The predicted molar refractivity (Wildman–Crippen MR) is 73.3 cm³/mol. The van der Waals surface area contributed by atoms with Gasteiger partial charge < -0.3 is 5.11 Å². The molecule has 1 aromatic carbocycles. The second-order valence-electron chi connectivity index (χ2n) is 4.72. The predicted octanol–water partition coefficient (Wildman–Crippen LogP) is 2.06. The minimum Gasteiger partial charge on any atom is -0.392 e. The Hall–Kier alpha value is -1.40. The van der Waals surface area contributed by atoms with E-state index < -0.39 is 0 Å². The van der Waals surface area contributed by atoms with Gasteiger partial charge in [0.25, 0.3) is 0 Å². The second-order valence-corrected chi connectivity index (χ2v) is 5.92. The molecule has 3 rings (SSSR count). The molecule has 19 heavy (non-hydrogen) atoms. The third kappa shape index (κ3) is 2.79. The van der Waals surface area contributed by atoms with E-state index in [1.165, 1.54) is 6.42 Å². The topological polar surface area (TPSA) is 63.8 Å². The van der Waals surface area contributed by atoms with Crippen molar-refractivity contribution in [1.29, 1.82) is 0 Å². The van der Waals surface area contributed by atoms with Gasteiger partial charge in [0.1, 0.15) is 0 Å². The van der Waals surface area contributed by atoms with Crippen molar-refractivity contribution in [3.63, 3.8) is 0 Å². The molecule has 1 heterocycles. The summed E-state index contributed by atoms with van der Waals surface area (Å²) < 4.78 is 1.73. The minimum atomic E-state index is -0.250. The zero-order chi connectivity index (χ0) is 13.1. The van der Waals surface area contributed by atoms with Gasteiger partial charge in [-0.15, -0.1) is 5.10 Å². The Kier molecular flexibility index (Phi) is 3.79. The van der Waals surface area contributed by atoms with E-state index in [2.05, 4.69) is 15.5 Å². The van der Waals surface area contributed by atoms with E-state index in [-0.39, 0.29) is 11.4 Å². The van der Waals surface area contributed by atoms with Gasteiger partial charge in [-0.05, 0) is 35.4 Å². The Morgan fingerprint density at radius 2 is 1.95 bits per heavy atom. The molecule has 6 heteroatoms. The van der Waals surface area contributed by atoms with E-state index in [4.69, 9.17) is 0 Å². The maximum absolute atomic E-state index is 10.0. The first-order valence-electron chi connectivity index (χ1n) is 6.53. The third-order valence-corrected chi connectivity index (χ3v) is 4.68. The fourth-order valence-electron chi connectivity index (χ4n) is 2.33. The van der Waals surface area contributed by atoms with Gasteiger partial charge in [0, 0.05) is 5.25 Å². The molecule has 0 radical (unpaired) electrons. The lowest BCUT2D eigenvalue weighted by atomic mass is 9.97. The van der Waals surface area contributed by atoms with Gasteiger partial charge in [-0.25, -0.2) is 0 Å². The van der Waals surface area contributed by atoms with E-state index in [0.717, 1.165) is 30.1 Å². The van der Waals surface area contributed by atoms with Gasteiger partial charge >= 0.3 is 0 Å². The molecule has 0 unspecified atom stereocenters. The summed E-state index contributed by atoms with van der Waals surface area (Å²) >= 11 is 1.58. The highest BCUT2D eigenvalue weighted by Crippen LogP contribution is 2.33. The van der Waals surface area contributed by atoms with Gasteiger partial charge in [-0.3, -0.25) is 0 Å². The number of nitrogens with zero attached hydrogens (tertiary/aromatic N) is 4. The van der Waals surface area contributed by atoms with Gasteiger partial charge in [0.05, 0.1) is 11.8 Å². The Labute approximate surface area is 116 Å². The molecule has 0 aliphatic heterocycles. The van der Waals surface area contributed by atoms with Crippen molar-refractivity contribution < 1.29 is 5.11 Å². The van der Waals surface area contributed by atoms with Gasteiger partial charge in [0.2, 0.25) is 5.16 Å². The lowest BCUT2D eigenvalue weighted by molar-refractivity contribution is 0.137. The van der Waals surface area contributed by atoms with Gasteiger partial charge in [-0.1, -0.05) is 42.8 Å². The Bertz CT molecular complexity index is 530. The highest BCUT2D eigenvalue weighted by molar-refractivity contribution is 7.99. The third-order valence-electron chi connectivity index (χ3n) is 3.37. The largest absolute Gasteiger partial charge is 0.392 e. The van der Waals surface area contributed by atoms with Crippen LogP contribution in [-0.2, 0) is 0 Å². The average molecular weight is 276 g/mol. The van der Waals surface area contributed by atoms with Crippen molar-refractivity contribution in [3.8, 4) is 5.69 Å². The van der Waals surface area contributed by atoms with Crippen LogP contribution in [0.3, 0.4) is 0 Å². The Balaban J connectivity index is 1.81. The Morgan fingerprint density at radius 3 is 2.74 bits per heavy atom. The highest BCUT2D eigenvalue weighted by Gasteiger charge is 2.26. The fraction of sp³-hybridized carbons (Fsp3) is 0.462. The van der Waals surface area contributed by atoms with E-state index in [1.807, 2.05) is 30.3 Å². The Morgan fingerprint density at radius 1 is 1.16 bits per heavy atom. The number of rotatable bonds is 3. The minimum absolute atomic E-state index is 0.196. The molecule has 0 saturated heterocycles. The maximum atomic E-state index is 10.0. The lowest BCUT2D eigenvalue weighted by Gasteiger charge is -2.26. The van der Waals surface area contributed by atoms with Crippen LogP contribution in [0, 0.1) is 0 Å². The number of thioether (sulfide) groups is 1. The first-order valence-corrected chi connectivity index (χ1v) is 7.41. The van der Waals surface area contributed by atoms with Crippen molar-refractivity contribution in [1.82, 2.24) is 20.2 Å². The summed E-state index contributed by atoms with van der Waals surface area (Å²) in [7, 11) is 0. The standard InChI is InChI=1S/C13H16N4OS/c18-11-8-4-5-9-12(11)19-13-14-15-16-17(13)10-6-2-1-3-7-10/h1-3,6-7,11-12,18H,4-5,8-9H2/t11-,12-/m1/s1. The molecule has 5 nitrogen and oxygen atoms in total. The summed E-state index contributed by atoms with van der Waals surface area (Å²) in [6, 6.07) is 9.82. The number of tetrazole rings is 1. The van der Waals surface area contributed by atoms with Crippen LogP contribution in [0.15, 0.2) is 35.5 Å². The van der Waals surface area contributed by atoms with Crippen LogP contribution in [0.5, 0.6) is 0 Å². The molecule has 2 aromatic rings. The smallest absolute Gasteiger partial charge is 0.214 e. The summed E-state index contributed by atoms with van der Waals surface area (Å²) in [5.74, 6) is 0. The summed E-state index contributed by atoms with van der Waals surface area (Å²) in [4.78, 5) is 0. The number of hydrogen-bond acceptors (Lipinski definition) is 5. The second kappa shape index (κ2) is 5.71. The number of aromatic nitrogens is 4. The molecule has 100 valence electrons. The zero-order valence-corrected chi connectivity index (χ0v) is 11.3. The van der Waals surface area contributed by atoms with Crippen LogP contribution in [0.2, 0.25) is 0 Å². The van der Waals surface area contributed by atoms with E-state index in [1.54, 1.807) is 16.4 Å². The van der Waals surface area contributed by atoms with E-state index in [9.17, 15) is 5.11 Å². The lowest BCUT2D eigenvalue weighted by Crippen LogP contribution is -2.27. The van der Waals surface area contributed by atoms with Gasteiger partial charge in [-0.2, -0.15) is 4.68 Å². The summed E-state index contributed by atoms with van der Waals surface area (Å²) in [6.07, 6.45) is 3.93. The molecule has 1 fully saturated rings. The molecule has 2 atom stereocenters. The van der Waals surface area contributed by atoms with Crippen LogP contribution < -0.4 is 0 Å². The molecule has 1 N–H and O–H groups in total. The molecular weight excluding hydrogens is 260 g/mol. The highest BCUT2D eigenvalue weighted by atomic mass is 32.2. The summed E-state index contributed by atoms with van der Waals surface area (Å²) in [5.41, 5.74) is 0.945. The monoisotopic (exact) mass is 276 g/mol. The van der Waals surface area contributed by atoms with E-state index in [0.29, 0.717) is 0 Å². The van der Waals surface area contributed by atoms with Crippen LogP contribution in [0.1, 0.15) is 25.7 Å². The first kappa shape index (κ1) is 12.6. The summed E-state index contributed by atoms with van der Waals surface area (Å²) in [5, 5.41) is 22.8. The summed E-state index contributed by atoms with van der Waals surface area (Å²) in [6.45, 7) is 0. The number of hydrogen-bond donors (Lipinski definition) is 1. The number of benzene rings is 1. The SMILES string of the molecule is O[C@@H]1CCCC[C@H]1Sc1nnnn1-c1ccccc1. The van der Waals surface area contributed by atoms with Crippen molar-refractivity contribution >= 4 is 11.8 Å². The van der Waals surface area contributed by atoms with Crippen molar-refractivity contribution in [2.24, 2.45) is 0 Å². The number of aliphatic hydroxyl groups is 1. The molecule has 0 spiro atoms. The number of para-hydroxylation sites is 1. The molecule has 0 bridgehead atoms. The van der Waals surface area contributed by atoms with Crippen molar-refractivity contribution in [2.45, 2.75) is 42.2 Å². The molecular formula is C13H16N4OS.